The van der Waals surface area contributed by atoms with Crippen LogP contribution in [0.4, 0.5) is 0 Å². The smallest absolute Gasteiger partial charge is 0.251 e. The van der Waals surface area contributed by atoms with E-state index in [2.05, 4.69) is 28.2 Å². The lowest BCUT2D eigenvalue weighted by Crippen LogP contribution is -2.32. The van der Waals surface area contributed by atoms with E-state index < -0.39 is 0 Å². The van der Waals surface area contributed by atoms with Gasteiger partial charge >= 0.3 is 0 Å². The van der Waals surface area contributed by atoms with Gasteiger partial charge in [-0.1, -0.05) is 26.2 Å². The number of ether oxygens (including phenoxy) is 2. The molecule has 0 aliphatic carbocycles. The highest BCUT2D eigenvalue weighted by atomic mass is 79.9. The van der Waals surface area contributed by atoms with Crippen LogP contribution in [0.2, 0.25) is 0 Å². The van der Waals surface area contributed by atoms with E-state index in [0.29, 0.717) is 23.7 Å². The molecule has 124 valence electrons. The average Bonchev–Trinajstić information content (AvgIpc) is 2.49. The zero-order valence-corrected chi connectivity index (χ0v) is 15.5. The maximum Gasteiger partial charge on any atom is 0.251 e. The molecular weight excluding hydrogens is 346 g/mol. The summed E-state index contributed by atoms with van der Waals surface area (Å²) in [6.07, 6.45) is 4.51. The third-order valence-corrected chi connectivity index (χ3v) is 3.99. The van der Waals surface area contributed by atoms with E-state index in [1.54, 1.807) is 19.2 Å². The standard InChI is InChI=1S/C17H26BrNO3/c1-5-7-8-9-12(3)19-17(20)13-10-14(18)16(22-6-2)15(11-13)21-4/h10-12H,5-9H2,1-4H3,(H,19,20). The number of amides is 1. The van der Waals surface area contributed by atoms with Crippen molar-refractivity contribution in [2.24, 2.45) is 0 Å². The van der Waals surface area contributed by atoms with Crippen molar-refractivity contribution < 1.29 is 14.3 Å². The summed E-state index contributed by atoms with van der Waals surface area (Å²) in [4.78, 5) is 12.3. The Hall–Kier alpha value is -1.23. The quantitative estimate of drug-likeness (QED) is 0.647. The molecule has 1 N–H and O–H groups in total. The van der Waals surface area contributed by atoms with Crippen molar-refractivity contribution in [1.82, 2.24) is 5.32 Å². The molecule has 1 unspecified atom stereocenters. The van der Waals surface area contributed by atoms with Gasteiger partial charge in [0.15, 0.2) is 11.5 Å². The SMILES string of the molecule is CCCCCC(C)NC(=O)c1cc(Br)c(OCC)c(OC)c1. The number of rotatable bonds is 9. The third kappa shape index (κ3) is 5.52. The Morgan fingerprint density at radius 3 is 2.64 bits per heavy atom. The van der Waals surface area contributed by atoms with Crippen LogP contribution in [-0.2, 0) is 0 Å². The van der Waals surface area contributed by atoms with Gasteiger partial charge in [-0.2, -0.15) is 0 Å². The maximum absolute atomic E-state index is 12.3. The Balaban J connectivity index is 2.79. The van der Waals surface area contributed by atoms with Crippen LogP contribution in [0, 0.1) is 0 Å². The largest absolute Gasteiger partial charge is 0.493 e. The molecule has 1 aromatic rings. The van der Waals surface area contributed by atoms with Crippen molar-refractivity contribution in [3.63, 3.8) is 0 Å². The van der Waals surface area contributed by atoms with E-state index in [1.807, 2.05) is 13.8 Å². The van der Waals surface area contributed by atoms with Gasteiger partial charge in [0, 0.05) is 11.6 Å². The Morgan fingerprint density at radius 2 is 2.05 bits per heavy atom. The van der Waals surface area contributed by atoms with Crippen molar-refractivity contribution in [3.8, 4) is 11.5 Å². The predicted molar refractivity (Wildman–Crippen MR) is 92.9 cm³/mol. The lowest BCUT2D eigenvalue weighted by Gasteiger charge is -2.16. The minimum absolute atomic E-state index is 0.0916. The number of nitrogens with one attached hydrogen (secondary N) is 1. The van der Waals surface area contributed by atoms with Gasteiger partial charge in [-0.05, 0) is 48.3 Å². The Kier molecular flexibility index (Phi) is 8.31. The molecule has 1 aromatic carbocycles. The summed E-state index contributed by atoms with van der Waals surface area (Å²) in [6.45, 7) is 6.65. The number of hydrogen-bond donors (Lipinski definition) is 1. The molecule has 0 aliphatic heterocycles. The normalized spacial score (nSPS) is 11.9. The maximum atomic E-state index is 12.3. The van der Waals surface area contributed by atoms with Crippen molar-refractivity contribution in [2.75, 3.05) is 13.7 Å². The highest BCUT2D eigenvalue weighted by molar-refractivity contribution is 9.10. The topological polar surface area (TPSA) is 47.6 Å². The van der Waals surface area contributed by atoms with Crippen molar-refractivity contribution in [3.05, 3.63) is 22.2 Å². The summed E-state index contributed by atoms with van der Waals surface area (Å²) < 4.78 is 11.6. The first-order chi connectivity index (χ1) is 10.5. The molecule has 0 aliphatic rings. The van der Waals surface area contributed by atoms with Gasteiger partial charge < -0.3 is 14.8 Å². The second-order valence-corrected chi connectivity index (χ2v) is 6.15. The zero-order valence-electron chi connectivity index (χ0n) is 13.9. The molecule has 0 spiro atoms. The molecule has 4 nitrogen and oxygen atoms in total. The molecule has 22 heavy (non-hydrogen) atoms. The molecule has 0 saturated carbocycles. The number of halogens is 1. The van der Waals surface area contributed by atoms with Crippen molar-refractivity contribution in [1.29, 1.82) is 0 Å². The first kappa shape index (κ1) is 18.8. The molecule has 5 heteroatoms. The van der Waals surface area contributed by atoms with E-state index in [0.717, 1.165) is 17.3 Å². The lowest BCUT2D eigenvalue weighted by atomic mass is 10.1. The number of benzene rings is 1. The second-order valence-electron chi connectivity index (χ2n) is 5.29. The molecule has 0 bridgehead atoms. The van der Waals surface area contributed by atoms with Crippen LogP contribution in [0.15, 0.2) is 16.6 Å². The van der Waals surface area contributed by atoms with Gasteiger partial charge in [0.2, 0.25) is 0 Å². The van der Waals surface area contributed by atoms with Crippen molar-refractivity contribution >= 4 is 21.8 Å². The fraction of sp³-hybridized carbons (Fsp3) is 0.588. The highest BCUT2D eigenvalue weighted by Crippen LogP contribution is 2.36. The van der Waals surface area contributed by atoms with Gasteiger partial charge in [0.1, 0.15) is 0 Å². The van der Waals surface area contributed by atoms with Gasteiger partial charge in [-0.3, -0.25) is 4.79 Å². The van der Waals surface area contributed by atoms with E-state index in [1.165, 1.54) is 12.8 Å². The van der Waals surface area contributed by atoms with Crippen molar-refractivity contribution in [2.45, 2.75) is 52.5 Å². The van der Waals surface area contributed by atoms with Crippen LogP contribution in [0.5, 0.6) is 11.5 Å². The number of carbonyl (C=O) groups excluding carboxylic acids is 1. The molecule has 1 amide bonds. The average molecular weight is 372 g/mol. The number of carbonyl (C=O) groups is 1. The summed E-state index contributed by atoms with van der Waals surface area (Å²) in [5.74, 6) is 1.09. The minimum Gasteiger partial charge on any atom is -0.493 e. The van der Waals surface area contributed by atoms with Crippen LogP contribution in [0.1, 0.15) is 56.8 Å². The zero-order chi connectivity index (χ0) is 16.5. The second kappa shape index (κ2) is 9.72. The molecule has 1 atom stereocenters. The Bertz CT molecular complexity index is 491. The number of methoxy groups -OCH3 is 1. The van der Waals surface area contributed by atoms with Gasteiger partial charge in [0.25, 0.3) is 5.91 Å². The molecule has 0 saturated heterocycles. The monoisotopic (exact) mass is 371 g/mol. The Morgan fingerprint density at radius 1 is 1.32 bits per heavy atom. The summed E-state index contributed by atoms with van der Waals surface area (Å²) >= 11 is 3.44. The third-order valence-electron chi connectivity index (χ3n) is 3.40. The molecule has 0 aromatic heterocycles. The molecule has 0 fully saturated rings. The number of hydrogen-bond acceptors (Lipinski definition) is 3. The van der Waals surface area contributed by atoms with E-state index in [9.17, 15) is 4.79 Å². The fourth-order valence-electron chi connectivity index (χ4n) is 2.22. The van der Waals surface area contributed by atoms with Crippen LogP contribution >= 0.6 is 15.9 Å². The lowest BCUT2D eigenvalue weighted by molar-refractivity contribution is 0.0937. The summed E-state index contributed by atoms with van der Waals surface area (Å²) in [7, 11) is 1.57. The number of unbranched alkanes of at least 4 members (excludes halogenated alkanes) is 2. The molecular formula is C17H26BrNO3. The van der Waals surface area contributed by atoms with E-state index in [4.69, 9.17) is 9.47 Å². The fourth-order valence-corrected chi connectivity index (χ4v) is 2.77. The first-order valence-electron chi connectivity index (χ1n) is 7.84. The molecule has 0 radical (unpaired) electrons. The van der Waals surface area contributed by atoms with Gasteiger partial charge in [0.05, 0.1) is 18.2 Å². The van der Waals surface area contributed by atoms with Crippen LogP contribution in [0.3, 0.4) is 0 Å². The summed E-state index contributed by atoms with van der Waals surface area (Å²) in [6, 6.07) is 3.64. The summed E-state index contributed by atoms with van der Waals surface area (Å²) in [5.41, 5.74) is 0.564. The highest BCUT2D eigenvalue weighted by Gasteiger charge is 2.16. The molecule has 0 heterocycles. The Labute approximate surface area is 141 Å². The minimum atomic E-state index is -0.0916. The molecule has 1 rings (SSSR count). The van der Waals surface area contributed by atoms with Crippen LogP contribution < -0.4 is 14.8 Å². The van der Waals surface area contributed by atoms with Crippen LogP contribution in [-0.4, -0.2) is 25.7 Å². The summed E-state index contributed by atoms with van der Waals surface area (Å²) in [5, 5.41) is 3.03. The first-order valence-corrected chi connectivity index (χ1v) is 8.63. The van der Waals surface area contributed by atoms with Gasteiger partial charge in [-0.15, -0.1) is 0 Å². The van der Waals surface area contributed by atoms with Crippen LogP contribution in [0.25, 0.3) is 0 Å². The van der Waals surface area contributed by atoms with E-state index >= 15 is 0 Å². The van der Waals surface area contributed by atoms with E-state index in [-0.39, 0.29) is 11.9 Å². The predicted octanol–water partition coefficient (Wildman–Crippen LogP) is 4.56. The van der Waals surface area contributed by atoms with Gasteiger partial charge in [-0.25, -0.2) is 0 Å².